The van der Waals surface area contributed by atoms with Gasteiger partial charge in [-0.05, 0) is 25.0 Å². The van der Waals surface area contributed by atoms with Gasteiger partial charge in [0.2, 0.25) is 0 Å². The molecule has 1 saturated heterocycles. The normalized spacial score (nSPS) is 19.2. The molecule has 6 heteroatoms. The lowest BCUT2D eigenvalue weighted by molar-refractivity contribution is 0.247. The molecule has 0 radical (unpaired) electrons. The smallest absolute Gasteiger partial charge is 0.186 e. The largest absolute Gasteiger partial charge is 0.345 e. The Morgan fingerprint density at radius 2 is 1.88 bits per heavy atom. The first-order chi connectivity index (χ1) is 11.8. The van der Waals surface area contributed by atoms with E-state index in [9.17, 15) is 0 Å². The van der Waals surface area contributed by atoms with E-state index in [0.29, 0.717) is 0 Å². The van der Waals surface area contributed by atoms with Gasteiger partial charge in [-0.2, -0.15) is 0 Å². The van der Waals surface area contributed by atoms with Crippen LogP contribution in [0.25, 0.3) is 10.2 Å². The van der Waals surface area contributed by atoms with Crippen molar-refractivity contribution in [1.29, 1.82) is 0 Å². The minimum atomic E-state index is 0.777. The van der Waals surface area contributed by atoms with E-state index in [1.54, 1.807) is 0 Å². The molecule has 0 amide bonds. The zero-order chi connectivity index (χ0) is 15.9. The van der Waals surface area contributed by atoms with E-state index in [1.807, 2.05) is 22.7 Å². The number of anilines is 1. The summed E-state index contributed by atoms with van der Waals surface area (Å²) in [6, 6.07) is 8.41. The average molecular weight is 357 g/mol. The Hall–Kier alpha value is -1.50. The molecule has 4 nitrogen and oxygen atoms in total. The number of rotatable bonds is 4. The van der Waals surface area contributed by atoms with Crippen molar-refractivity contribution in [2.75, 3.05) is 31.1 Å². The van der Waals surface area contributed by atoms with Gasteiger partial charge in [-0.25, -0.2) is 9.97 Å². The third kappa shape index (κ3) is 2.94. The van der Waals surface area contributed by atoms with E-state index in [2.05, 4.69) is 39.4 Å². The Morgan fingerprint density at radius 3 is 2.67 bits per heavy atom. The van der Waals surface area contributed by atoms with Crippen LogP contribution in [0.2, 0.25) is 0 Å². The predicted octanol–water partition coefficient (Wildman–Crippen LogP) is 3.95. The summed E-state index contributed by atoms with van der Waals surface area (Å²) in [5.74, 6) is 0.777. The van der Waals surface area contributed by atoms with E-state index < -0.39 is 0 Å². The van der Waals surface area contributed by atoms with Crippen molar-refractivity contribution in [3.63, 3.8) is 0 Å². The fraction of sp³-hybridized carbons (Fsp3) is 0.444. The number of thiazole rings is 2. The summed E-state index contributed by atoms with van der Waals surface area (Å²) in [4.78, 5) is 14.6. The third-order valence-electron chi connectivity index (χ3n) is 4.81. The molecule has 24 heavy (non-hydrogen) atoms. The summed E-state index contributed by atoms with van der Waals surface area (Å²) >= 11 is 3.66. The van der Waals surface area contributed by atoms with E-state index in [1.165, 1.54) is 33.4 Å². The van der Waals surface area contributed by atoms with Gasteiger partial charge in [0.1, 0.15) is 0 Å². The van der Waals surface area contributed by atoms with Crippen LogP contribution in [-0.2, 0) is 6.54 Å². The molecule has 3 aromatic rings. The molecule has 124 valence electrons. The van der Waals surface area contributed by atoms with Crippen molar-refractivity contribution in [3.05, 3.63) is 40.3 Å². The number of aromatic nitrogens is 2. The predicted molar refractivity (Wildman–Crippen MR) is 101 cm³/mol. The molecule has 0 spiro atoms. The molecule has 0 N–H and O–H groups in total. The molecule has 0 unspecified atom stereocenters. The van der Waals surface area contributed by atoms with Gasteiger partial charge in [-0.3, -0.25) is 4.90 Å². The van der Waals surface area contributed by atoms with Crippen LogP contribution in [0.15, 0.2) is 29.6 Å². The van der Waals surface area contributed by atoms with Crippen molar-refractivity contribution >= 4 is 38.0 Å². The summed E-state index contributed by atoms with van der Waals surface area (Å²) in [5, 5.41) is 4.78. The first-order valence-corrected chi connectivity index (χ1v) is 10.3. The first kappa shape index (κ1) is 14.8. The highest BCUT2D eigenvalue weighted by atomic mass is 32.1. The lowest BCUT2D eigenvalue weighted by Crippen LogP contribution is -2.46. The highest BCUT2D eigenvalue weighted by Crippen LogP contribution is 2.41. The van der Waals surface area contributed by atoms with Crippen LogP contribution in [-0.4, -0.2) is 41.0 Å². The zero-order valence-electron chi connectivity index (χ0n) is 13.5. The molecular formula is C18H20N4S2. The topological polar surface area (TPSA) is 32.3 Å². The SMILES string of the molecule is c1ccc2sc(N3CCN(Cc4csc(C5CC5)n4)CC3)nc2c1. The number of benzene rings is 1. The number of nitrogens with zero attached hydrogens (tertiary/aromatic N) is 4. The number of hydrogen-bond donors (Lipinski definition) is 0. The fourth-order valence-electron chi connectivity index (χ4n) is 3.23. The van der Waals surface area contributed by atoms with Crippen molar-refractivity contribution in [2.45, 2.75) is 25.3 Å². The molecule has 2 fully saturated rings. The van der Waals surface area contributed by atoms with Crippen LogP contribution in [0.3, 0.4) is 0 Å². The second-order valence-corrected chi connectivity index (χ2v) is 8.58. The third-order valence-corrected chi connectivity index (χ3v) is 6.96. The maximum Gasteiger partial charge on any atom is 0.186 e. The molecule has 1 saturated carbocycles. The van der Waals surface area contributed by atoms with Crippen LogP contribution in [0.4, 0.5) is 5.13 Å². The van der Waals surface area contributed by atoms with Crippen molar-refractivity contribution < 1.29 is 0 Å². The van der Waals surface area contributed by atoms with Crippen LogP contribution < -0.4 is 4.90 Å². The van der Waals surface area contributed by atoms with Gasteiger partial charge in [0, 0.05) is 44.0 Å². The lowest BCUT2D eigenvalue weighted by Gasteiger charge is -2.34. The molecule has 2 aliphatic rings. The summed E-state index contributed by atoms with van der Waals surface area (Å²) in [7, 11) is 0. The molecule has 3 heterocycles. The second kappa shape index (κ2) is 6.10. The number of para-hydroxylation sites is 1. The maximum absolute atomic E-state index is 4.83. The number of piperazine rings is 1. The van der Waals surface area contributed by atoms with E-state index >= 15 is 0 Å². The Kier molecular flexibility index (Phi) is 3.76. The van der Waals surface area contributed by atoms with Gasteiger partial charge in [0.25, 0.3) is 0 Å². The second-order valence-electron chi connectivity index (χ2n) is 6.68. The van der Waals surface area contributed by atoms with Crippen LogP contribution >= 0.6 is 22.7 Å². The van der Waals surface area contributed by atoms with E-state index in [4.69, 9.17) is 9.97 Å². The van der Waals surface area contributed by atoms with Crippen LogP contribution in [0.1, 0.15) is 29.5 Å². The first-order valence-electron chi connectivity index (χ1n) is 8.62. The van der Waals surface area contributed by atoms with Gasteiger partial charge >= 0.3 is 0 Å². The summed E-state index contributed by atoms with van der Waals surface area (Å²) in [6.45, 7) is 5.29. The molecule has 1 aromatic carbocycles. The van der Waals surface area contributed by atoms with E-state index in [-0.39, 0.29) is 0 Å². The molecule has 2 aromatic heterocycles. The van der Waals surface area contributed by atoms with Crippen molar-refractivity contribution in [2.24, 2.45) is 0 Å². The zero-order valence-corrected chi connectivity index (χ0v) is 15.2. The Morgan fingerprint density at radius 1 is 1.04 bits per heavy atom. The van der Waals surface area contributed by atoms with Crippen molar-refractivity contribution in [3.8, 4) is 0 Å². The molecule has 0 atom stereocenters. The molecule has 5 rings (SSSR count). The van der Waals surface area contributed by atoms with Crippen LogP contribution in [0, 0.1) is 0 Å². The lowest BCUT2D eigenvalue weighted by atomic mass is 10.3. The Balaban J connectivity index is 1.21. The standard InChI is InChI=1S/C18H20N4S2/c1-2-4-16-15(3-1)20-18(24-16)22-9-7-21(8-10-22)11-14-12-23-17(19-14)13-5-6-13/h1-4,12-13H,5-11H2. The fourth-order valence-corrected chi connectivity index (χ4v) is 5.23. The quantitative estimate of drug-likeness (QED) is 0.708. The van der Waals surface area contributed by atoms with Gasteiger partial charge in [0.05, 0.1) is 20.9 Å². The molecule has 1 aliphatic heterocycles. The Bertz CT molecular complexity index is 810. The number of fused-ring (bicyclic) bond motifs is 1. The summed E-state index contributed by atoms with van der Waals surface area (Å²) in [5.41, 5.74) is 2.38. The highest BCUT2D eigenvalue weighted by Gasteiger charge is 2.27. The summed E-state index contributed by atoms with van der Waals surface area (Å²) in [6.07, 6.45) is 2.68. The monoisotopic (exact) mass is 356 g/mol. The molecule has 0 bridgehead atoms. The van der Waals surface area contributed by atoms with Gasteiger partial charge in [-0.15, -0.1) is 11.3 Å². The summed E-state index contributed by atoms with van der Waals surface area (Å²) < 4.78 is 1.28. The number of hydrogen-bond acceptors (Lipinski definition) is 6. The molecular weight excluding hydrogens is 336 g/mol. The average Bonchev–Trinajstić information content (AvgIpc) is 3.20. The van der Waals surface area contributed by atoms with Gasteiger partial charge < -0.3 is 4.90 Å². The van der Waals surface area contributed by atoms with E-state index in [0.717, 1.165) is 44.2 Å². The maximum atomic E-state index is 4.83. The van der Waals surface area contributed by atoms with Gasteiger partial charge in [-0.1, -0.05) is 23.5 Å². The van der Waals surface area contributed by atoms with Gasteiger partial charge in [0.15, 0.2) is 5.13 Å². The van der Waals surface area contributed by atoms with Crippen molar-refractivity contribution in [1.82, 2.24) is 14.9 Å². The highest BCUT2D eigenvalue weighted by molar-refractivity contribution is 7.22. The minimum absolute atomic E-state index is 0.777. The molecule has 1 aliphatic carbocycles. The Labute approximate surface area is 149 Å². The van der Waals surface area contributed by atoms with Crippen LogP contribution in [0.5, 0.6) is 0 Å². The minimum Gasteiger partial charge on any atom is -0.345 e.